The predicted molar refractivity (Wildman–Crippen MR) is 99.0 cm³/mol. The minimum Gasteiger partial charge on any atom is -0.450 e. The Morgan fingerprint density at radius 3 is 2.27 bits per heavy atom. The highest BCUT2D eigenvalue weighted by Crippen LogP contribution is 2.19. The fourth-order valence-corrected chi connectivity index (χ4v) is 3.03. The van der Waals surface area contributed by atoms with Crippen LogP contribution in [0.3, 0.4) is 0 Å². The lowest BCUT2D eigenvalue weighted by Crippen LogP contribution is -2.49. The SMILES string of the molecule is CCOC(=O)N1CCN(c2ccc(-n3cnn(C(C)C)c3=O)cc2)CC1. The number of carbonyl (C=O) groups is 1. The van der Waals surface area contributed by atoms with Crippen LogP contribution in [0.15, 0.2) is 35.4 Å². The topological polar surface area (TPSA) is 72.6 Å². The Morgan fingerprint density at radius 1 is 1.12 bits per heavy atom. The normalized spacial score (nSPS) is 14.8. The smallest absolute Gasteiger partial charge is 0.409 e. The van der Waals surface area contributed by atoms with E-state index in [4.69, 9.17) is 4.74 Å². The Hall–Kier alpha value is -2.77. The van der Waals surface area contributed by atoms with Crippen LogP contribution in [-0.2, 0) is 4.74 Å². The summed E-state index contributed by atoms with van der Waals surface area (Å²) in [5.41, 5.74) is 1.72. The van der Waals surface area contributed by atoms with E-state index in [1.54, 1.807) is 15.8 Å². The van der Waals surface area contributed by atoms with Crippen LogP contribution in [0.2, 0.25) is 0 Å². The van der Waals surface area contributed by atoms with Gasteiger partial charge in [0.1, 0.15) is 6.33 Å². The van der Waals surface area contributed by atoms with Gasteiger partial charge in [-0.2, -0.15) is 5.10 Å². The van der Waals surface area contributed by atoms with E-state index in [9.17, 15) is 9.59 Å². The number of ether oxygens (including phenoxy) is 1. The molecule has 8 heteroatoms. The molecule has 2 heterocycles. The summed E-state index contributed by atoms with van der Waals surface area (Å²) in [5, 5.41) is 4.15. The van der Waals surface area contributed by atoms with Gasteiger partial charge in [-0.1, -0.05) is 0 Å². The maximum atomic E-state index is 12.4. The highest BCUT2D eigenvalue weighted by molar-refractivity contribution is 5.68. The first-order valence-corrected chi connectivity index (χ1v) is 8.94. The van der Waals surface area contributed by atoms with Gasteiger partial charge in [-0.25, -0.2) is 18.8 Å². The molecule has 3 rings (SSSR count). The van der Waals surface area contributed by atoms with Crippen LogP contribution >= 0.6 is 0 Å². The molecule has 1 aliphatic rings. The van der Waals surface area contributed by atoms with Crippen LogP contribution in [-0.4, -0.2) is 58.1 Å². The van der Waals surface area contributed by atoms with Gasteiger partial charge in [-0.15, -0.1) is 0 Å². The summed E-state index contributed by atoms with van der Waals surface area (Å²) in [5.74, 6) is 0. The van der Waals surface area contributed by atoms with Gasteiger partial charge in [0.15, 0.2) is 0 Å². The molecule has 2 aromatic rings. The standard InChI is InChI=1S/C18H25N5O3/c1-4-26-18(25)21-11-9-20(10-12-21)15-5-7-16(8-6-15)22-13-19-23(14(2)3)17(22)24/h5-8,13-14H,4,9-12H2,1-3H3. The van der Waals surface area contributed by atoms with Crippen molar-refractivity contribution >= 4 is 11.8 Å². The Kier molecular flexibility index (Phi) is 5.29. The lowest BCUT2D eigenvalue weighted by atomic mass is 10.2. The van der Waals surface area contributed by atoms with Gasteiger partial charge < -0.3 is 14.5 Å². The summed E-state index contributed by atoms with van der Waals surface area (Å²) >= 11 is 0. The third kappa shape index (κ3) is 3.58. The molecule has 0 spiro atoms. The van der Waals surface area contributed by atoms with Crippen LogP contribution < -0.4 is 10.6 Å². The average Bonchev–Trinajstić information content (AvgIpc) is 3.04. The molecule has 1 amide bonds. The van der Waals surface area contributed by atoms with Gasteiger partial charge in [-0.05, 0) is 45.0 Å². The highest BCUT2D eigenvalue weighted by Gasteiger charge is 2.22. The maximum Gasteiger partial charge on any atom is 0.409 e. The molecule has 0 saturated carbocycles. The second-order valence-electron chi connectivity index (χ2n) is 6.51. The summed E-state index contributed by atoms with van der Waals surface area (Å²) in [6.07, 6.45) is 1.30. The Balaban J connectivity index is 1.67. The molecule has 0 atom stereocenters. The van der Waals surface area contributed by atoms with Crippen molar-refractivity contribution in [3.05, 3.63) is 41.1 Å². The van der Waals surface area contributed by atoms with Crippen LogP contribution in [0, 0.1) is 0 Å². The minimum absolute atomic E-state index is 0.0266. The quantitative estimate of drug-likeness (QED) is 0.834. The zero-order valence-electron chi connectivity index (χ0n) is 15.5. The van der Waals surface area contributed by atoms with Gasteiger partial charge in [0.25, 0.3) is 0 Å². The van der Waals surface area contributed by atoms with Crippen molar-refractivity contribution in [3.63, 3.8) is 0 Å². The lowest BCUT2D eigenvalue weighted by molar-refractivity contribution is 0.105. The average molecular weight is 359 g/mol. The van der Waals surface area contributed by atoms with Crippen LogP contribution in [0.4, 0.5) is 10.5 Å². The molecular weight excluding hydrogens is 334 g/mol. The van der Waals surface area contributed by atoms with E-state index >= 15 is 0 Å². The van der Waals surface area contributed by atoms with E-state index in [0.717, 1.165) is 24.5 Å². The van der Waals surface area contributed by atoms with Crippen LogP contribution in [0.5, 0.6) is 0 Å². The number of hydrogen-bond donors (Lipinski definition) is 0. The Morgan fingerprint density at radius 2 is 1.73 bits per heavy atom. The fourth-order valence-electron chi connectivity index (χ4n) is 3.03. The molecule has 8 nitrogen and oxygen atoms in total. The number of anilines is 1. The van der Waals surface area contributed by atoms with Crippen molar-refractivity contribution < 1.29 is 9.53 Å². The Labute approximate surface area is 152 Å². The largest absolute Gasteiger partial charge is 0.450 e. The summed E-state index contributed by atoms with van der Waals surface area (Å²) in [6, 6.07) is 7.85. The summed E-state index contributed by atoms with van der Waals surface area (Å²) < 4.78 is 8.05. The number of carbonyl (C=O) groups excluding carboxylic acids is 1. The molecule has 0 N–H and O–H groups in total. The summed E-state index contributed by atoms with van der Waals surface area (Å²) in [6.45, 7) is 8.85. The van der Waals surface area contributed by atoms with Gasteiger partial charge in [-0.3, -0.25) is 0 Å². The predicted octanol–water partition coefficient (Wildman–Crippen LogP) is 1.89. The number of rotatable bonds is 4. The zero-order chi connectivity index (χ0) is 18.7. The highest BCUT2D eigenvalue weighted by atomic mass is 16.6. The zero-order valence-corrected chi connectivity index (χ0v) is 15.5. The van der Waals surface area contributed by atoms with Crippen molar-refractivity contribution in [2.75, 3.05) is 37.7 Å². The third-order valence-electron chi connectivity index (χ3n) is 4.48. The Bertz CT molecular complexity index is 801. The molecule has 1 saturated heterocycles. The number of amides is 1. The van der Waals surface area contributed by atoms with E-state index in [0.29, 0.717) is 19.7 Å². The van der Waals surface area contributed by atoms with Crippen molar-refractivity contribution in [2.45, 2.75) is 26.8 Å². The van der Waals surface area contributed by atoms with E-state index in [-0.39, 0.29) is 17.8 Å². The molecule has 1 aromatic carbocycles. The van der Waals surface area contributed by atoms with Crippen LogP contribution in [0.25, 0.3) is 5.69 Å². The van der Waals surface area contributed by atoms with Gasteiger partial charge >= 0.3 is 11.8 Å². The molecule has 0 radical (unpaired) electrons. The van der Waals surface area contributed by atoms with E-state index in [2.05, 4.69) is 10.00 Å². The lowest BCUT2D eigenvalue weighted by Gasteiger charge is -2.35. The number of benzene rings is 1. The molecular formula is C18H25N5O3. The first-order valence-electron chi connectivity index (χ1n) is 8.94. The maximum absolute atomic E-state index is 12.4. The summed E-state index contributed by atoms with van der Waals surface area (Å²) in [4.78, 5) is 28.1. The van der Waals surface area contributed by atoms with Crippen molar-refractivity contribution in [1.82, 2.24) is 19.2 Å². The molecule has 140 valence electrons. The molecule has 1 aliphatic heterocycles. The second-order valence-corrected chi connectivity index (χ2v) is 6.51. The molecule has 0 bridgehead atoms. The third-order valence-corrected chi connectivity index (χ3v) is 4.48. The van der Waals surface area contributed by atoms with Crippen molar-refractivity contribution in [2.24, 2.45) is 0 Å². The van der Waals surface area contributed by atoms with E-state index < -0.39 is 0 Å². The van der Waals surface area contributed by atoms with E-state index in [1.165, 1.54) is 4.68 Å². The van der Waals surface area contributed by atoms with Crippen LogP contribution in [0.1, 0.15) is 26.8 Å². The first kappa shape index (κ1) is 18.0. The number of aromatic nitrogens is 3. The van der Waals surface area contributed by atoms with Gasteiger partial charge in [0.2, 0.25) is 0 Å². The van der Waals surface area contributed by atoms with Crippen molar-refractivity contribution in [1.29, 1.82) is 0 Å². The monoisotopic (exact) mass is 359 g/mol. The summed E-state index contributed by atoms with van der Waals surface area (Å²) in [7, 11) is 0. The first-order chi connectivity index (χ1) is 12.5. The molecule has 1 aromatic heterocycles. The number of hydrogen-bond acceptors (Lipinski definition) is 5. The molecule has 0 aliphatic carbocycles. The van der Waals surface area contributed by atoms with Gasteiger partial charge in [0.05, 0.1) is 18.3 Å². The van der Waals surface area contributed by atoms with Crippen molar-refractivity contribution in [3.8, 4) is 5.69 Å². The molecule has 1 fully saturated rings. The second kappa shape index (κ2) is 7.63. The number of nitrogens with zero attached hydrogens (tertiary/aromatic N) is 5. The minimum atomic E-state index is -0.246. The molecule has 26 heavy (non-hydrogen) atoms. The molecule has 0 unspecified atom stereocenters. The van der Waals surface area contributed by atoms with Gasteiger partial charge in [0, 0.05) is 31.9 Å². The number of piperazine rings is 1. The fraction of sp³-hybridized carbons (Fsp3) is 0.500. The van der Waals surface area contributed by atoms with E-state index in [1.807, 2.05) is 45.0 Å².